The number of ether oxygens (including phenoxy) is 1. The molecule has 0 fully saturated rings. The third-order valence-electron chi connectivity index (χ3n) is 3.17. The molecule has 1 rings (SSSR count). The van der Waals surface area contributed by atoms with E-state index >= 15 is 0 Å². The van der Waals surface area contributed by atoms with Crippen molar-refractivity contribution in [3.63, 3.8) is 0 Å². The molecule has 0 heterocycles. The minimum Gasteiger partial charge on any atom is -0.495 e. The lowest BCUT2D eigenvalue weighted by Crippen LogP contribution is -2.17. The van der Waals surface area contributed by atoms with E-state index in [1.54, 1.807) is 7.11 Å². The first-order valence-electron chi connectivity index (χ1n) is 7.01. The van der Waals surface area contributed by atoms with Gasteiger partial charge in [-0.2, -0.15) is 0 Å². The molecule has 0 unspecified atom stereocenters. The Morgan fingerprint density at radius 3 is 2.55 bits per heavy atom. The molecule has 0 saturated heterocycles. The number of carbonyl (C=O) groups excluding carboxylic acids is 1. The van der Waals surface area contributed by atoms with Crippen LogP contribution in [0.5, 0.6) is 5.75 Å². The van der Waals surface area contributed by atoms with E-state index in [1.165, 1.54) is 5.56 Å². The average Bonchev–Trinajstić information content (AvgIpc) is 2.38. The zero-order chi connectivity index (χ0) is 15.2. The molecule has 4 nitrogen and oxygen atoms in total. The van der Waals surface area contributed by atoms with E-state index in [1.807, 2.05) is 25.2 Å². The predicted octanol–water partition coefficient (Wildman–Crippen LogP) is 2.93. The summed E-state index contributed by atoms with van der Waals surface area (Å²) >= 11 is 0. The summed E-state index contributed by atoms with van der Waals surface area (Å²) in [6.07, 6.45) is 1.33. The third-order valence-corrected chi connectivity index (χ3v) is 3.17. The Labute approximate surface area is 121 Å². The van der Waals surface area contributed by atoms with E-state index in [4.69, 9.17) is 4.74 Å². The van der Waals surface area contributed by atoms with Gasteiger partial charge in [-0.05, 0) is 43.1 Å². The van der Waals surface area contributed by atoms with Crippen LogP contribution in [0.1, 0.15) is 39.2 Å². The van der Waals surface area contributed by atoms with Crippen LogP contribution in [0, 0.1) is 0 Å². The monoisotopic (exact) mass is 278 g/mol. The fourth-order valence-electron chi connectivity index (χ4n) is 1.91. The minimum atomic E-state index is 0.0182. The number of benzene rings is 1. The Kier molecular flexibility index (Phi) is 6.02. The summed E-state index contributed by atoms with van der Waals surface area (Å²) in [4.78, 5) is 11.9. The fraction of sp³-hybridized carbons (Fsp3) is 0.562. The molecule has 0 aromatic heterocycles. The van der Waals surface area contributed by atoms with Crippen molar-refractivity contribution in [3.8, 4) is 5.75 Å². The van der Waals surface area contributed by atoms with E-state index < -0.39 is 0 Å². The van der Waals surface area contributed by atoms with Crippen LogP contribution in [-0.4, -0.2) is 26.6 Å². The highest BCUT2D eigenvalue weighted by Gasteiger charge is 2.16. The second-order valence-corrected chi connectivity index (χ2v) is 5.92. The van der Waals surface area contributed by atoms with Gasteiger partial charge in [-0.1, -0.05) is 26.8 Å². The number of hydrogen-bond acceptors (Lipinski definition) is 3. The number of carbonyl (C=O) groups is 1. The molecule has 20 heavy (non-hydrogen) atoms. The van der Waals surface area contributed by atoms with Gasteiger partial charge in [0.2, 0.25) is 5.91 Å². The quantitative estimate of drug-likeness (QED) is 0.787. The molecule has 0 bridgehead atoms. The third kappa shape index (κ3) is 4.85. The maximum atomic E-state index is 11.9. The van der Waals surface area contributed by atoms with Crippen molar-refractivity contribution < 1.29 is 9.53 Å². The van der Waals surface area contributed by atoms with Crippen molar-refractivity contribution >= 4 is 11.6 Å². The molecule has 1 aromatic rings. The summed E-state index contributed by atoms with van der Waals surface area (Å²) in [6.45, 7) is 7.28. The number of amides is 1. The van der Waals surface area contributed by atoms with Crippen molar-refractivity contribution in [1.82, 2.24) is 5.32 Å². The Morgan fingerprint density at radius 2 is 2.00 bits per heavy atom. The molecule has 4 heteroatoms. The lowest BCUT2D eigenvalue weighted by molar-refractivity contribution is -0.116. The first kappa shape index (κ1) is 16.5. The molecule has 1 aromatic carbocycles. The Balaban J connectivity index is 2.83. The number of rotatable bonds is 6. The Morgan fingerprint density at radius 1 is 1.30 bits per heavy atom. The van der Waals surface area contributed by atoms with E-state index in [2.05, 4.69) is 31.4 Å². The van der Waals surface area contributed by atoms with Crippen LogP contribution >= 0.6 is 0 Å². The molecular weight excluding hydrogens is 252 g/mol. The van der Waals surface area contributed by atoms with Crippen molar-refractivity contribution in [3.05, 3.63) is 23.8 Å². The van der Waals surface area contributed by atoms with Gasteiger partial charge in [0, 0.05) is 6.42 Å². The van der Waals surface area contributed by atoms with Crippen LogP contribution in [0.25, 0.3) is 0 Å². The molecule has 112 valence electrons. The van der Waals surface area contributed by atoms with Crippen LogP contribution in [0.3, 0.4) is 0 Å². The second kappa shape index (κ2) is 7.29. The van der Waals surface area contributed by atoms with E-state index in [-0.39, 0.29) is 11.3 Å². The molecule has 0 atom stereocenters. The minimum absolute atomic E-state index is 0.0182. The molecule has 1 amide bonds. The Hall–Kier alpha value is -1.55. The average molecular weight is 278 g/mol. The molecule has 0 saturated carbocycles. The lowest BCUT2D eigenvalue weighted by atomic mass is 9.87. The van der Waals surface area contributed by atoms with Gasteiger partial charge in [-0.15, -0.1) is 0 Å². The van der Waals surface area contributed by atoms with Crippen molar-refractivity contribution in [1.29, 1.82) is 0 Å². The van der Waals surface area contributed by atoms with Gasteiger partial charge in [0.1, 0.15) is 5.75 Å². The molecule has 0 aliphatic carbocycles. The smallest absolute Gasteiger partial charge is 0.224 e. The maximum absolute atomic E-state index is 11.9. The largest absolute Gasteiger partial charge is 0.495 e. The zero-order valence-corrected chi connectivity index (χ0v) is 13.2. The molecule has 0 spiro atoms. The topological polar surface area (TPSA) is 50.4 Å². The molecule has 2 N–H and O–H groups in total. The number of hydrogen-bond donors (Lipinski definition) is 2. The number of methoxy groups -OCH3 is 1. The van der Waals surface area contributed by atoms with Gasteiger partial charge in [0.25, 0.3) is 0 Å². The Bertz CT molecular complexity index is 450. The second-order valence-electron chi connectivity index (χ2n) is 5.92. The molecule has 0 aliphatic rings. The van der Waals surface area contributed by atoms with Gasteiger partial charge >= 0.3 is 0 Å². The number of anilines is 1. The van der Waals surface area contributed by atoms with Crippen LogP contribution in [0.4, 0.5) is 5.69 Å². The summed E-state index contributed by atoms with van der Waals surface area (Å²) in [6, 6.07) is 5.94. The van der Waals surface area contributed by atoms with E-state index in [0.29, 0.717) is 12.2 Å². The van der Waals surface area contributed by atoms with Crippen LogP contribution in [0.2, 0.25) is 0 Å². The van der Waals surface area contributed by atoms with Gasteiger partial charge in [-0.25, -0.2) is 0 Å². The molecule has 0 radical (unpaired) electrons. The van der Waals surface area contributed by atoms with Crippen molar-refractivity contribution in [2.24, 2.45) is 0 Å². The SMILES string of the molecule is CNCCCC(=O)Nc1cc(C(C)(C)C)ccc1OC. The van der Waals surface area contributed by atoms with Gasteiger partial charge in [-0.3, -0.25) is 4.79 Å². The summed E-state index contributed by atoms with van der Waals surface area (Å²) in [7, 11) is 3.50. The van der Waals surface area contributed by atoms with Crippen LogP contribution in [0.15, 0.2) is 18.2 Å². The number of nitrogens with one attached hydrogen (secondary N) is 2. The van der Waals surface area contributed by atoms with Gasteiger partial charge < -0.3 is 15.4 Å². The molecular formula is C16H26N2O2. The van der Waals surface area contributed by atoms with E-state index in [0.717, 1.165) is 18.7 Å². The van der Waals surface area contributed by atoms with Gasteiger partial charge in [0.05, 0.1) is 12.8 Å². The lowest BCUT2D eigenvalue weighted by Gasteiger charge is -2.21. The van der Waals surface area contributed by atoms with Crippen molar-refractivity contribution in [2.45, 2.75) is 39.0 Å². The zero-order valence-electron chi connectivity index (χ0n) is 13.2. The summed E-state index contributed by atoms with van der Waals surface area (Å²) in [5.41, 5.74) is 1.95. The maximum Gasteiger partial charge on any atom is 0.224 e. The van der Waals surface area contributed by atoms with Gasteiger partial charge in [0.15, 0.2) is 0 Å². The highest BCUT2D eigenvalue weighted by atomic mass is 16.5. The highest BCUT2D eigenvalue weighted by molar-refractivity contribution is 5.92. The first-order chi connectivity index (χ1) is 9.38. The fourth-order valence-corrected chi connectivity index (χ4v) is 1.91. The standard InChI is InChI=1S/C16H26N2O2/c1-16(2,3)12-8-9-14(20-5)13(11-12)18-15(19)7-6-10-17-4/h8-9,11,17H,6-7,10H2,1-5H3,(H,18,19). The van der Waals surface area contributed by atoms with E-state index in [9.17, 15) is 4.79 Å². The predicted molar refractivity (Wildman–Crippen MR) is 83.5 cm³/mol. The van der Waals surface area contributed by atoms with Crippen molar-refractivity contribution in [2.75, 3.05) is 26.0 Å². The first-order valence-corrected chi connectivity index (χ1v) is 7.01. The normalized spacial score (nSPS) is 11.2. The van der Waals surface area contributed by atoms with Crippen LogP contribution in [-0.2, 0) is 10.2 Å². The summed E-state index contributed by atoms with van der Waals surface area (Å²) < 4.78 is 5.31. The molecule has 0 aliphatic heterocycles. The summed E-state index contributed by atoms with van der Waals surface area (Å²) in [5, 5.41) is 5.97. The van der Waals surface area contributed by atoms with Crippen LogP contribution < -0.4 is 15.4 Å². The summed E-state index contributed by atoms with van der Waals surface area (Å²) in [5.74, 6) is 0.713. The highest BCUT2D eigenvalue weighted by Crippen LogP contribution is 2.31.